The lowest BCUT2D eigenvalue weighted by Crippen LogP contribution is -2.27. The van der Waals surface area contributed by atoms with Crippen LogP contribution in [-0.4, -0.2) is 31.4 Å². The number of benzene rings is 1. The molecule has 1 amide bonds. The zero-order valence-electron chi connectivity index (χ0n) is 11.5. The van der Waals surface area contributed by atoms with E-state index in [1.165, 1.54) is 23.1 Å². The second-order valence-electron chi connectivity index (χ2n) is 4.65. The number of carboxylic acid groups (broad SMARTS) is 1. The molecule has 1 saturated heterocycles. The molecule has 1 aliphatic heterocycles. The van der Waals surface area contributed by atoms with Crippen LogP contribution in [0.25, 0.3) is 6.08 Å². The molecule has 0 bridgehead atoms. The van der Waals surface area contributed by atoms with Gasteiger partial charge < -0.3 is 15.2 Å². The molecule has 2 aromatic rings. The maximum absolute atomic E-state index is 12.5. The number of thioether (sulfide) groups is 1. The van der Waals surface area contributed by atoms with Gasteiger partial charge in [0, 0.05) is 11.9 Å². The van der Waals surface area contributed by atoms with Gasteiger partial charge in [0.25, 0.3) is 5.91 Å². The van der Waals surface area contributed by atoms with Gasteiger partial charge in [0.2, 0.25) is 0 Å². The highest BCUT2D eigenvalue weighted by molar-refractivity contribution is 8.27. The number of hydrogen-bond donors (Lipinski definition) is 3. The van der Waals surface area contributed by atoms with Gasteiger partial charge in [-0.15, -0.1) is 0 Å². The van der Waals surface area contributed by atoms with Crippen molar-refractivity contribution in [2.24, 2.45) is 0 Å². The molecule has 0 atom stereocenters. The minimum Gasteiger partial charge on any atom is -0.507 e. The number of aromatic carboxylic acids is 1. The quantitative estimate of drug-likeness (QED) is 0.584. The summed E-state index contributed by atoms with van der Waals surface area (Å²) in [5.41, 5.74) is 0.782. The minimum atomic E-state index is -1.28. The molecule has 1 fully saturated rings. The second-order valence-corrected chi connectivity index (χ2v) is 6.32. The molecular formula is C15H10N2O4S2. The van der Waals surface area contributed by atoms with E-state index in [1.807, 2.05) is 12.1 Å². The summed E-state index contributed by atoms with van der Waals surface area (Å²) in [4.78, 5) is 28.3. The summed E-state index contributed by atoms with van der Waals surface area (Å²) >= 11 is 6.35. The van der Waals surface area contributed by atoms with Crippen LogP contribution in [0, 0.1) is 0 Å². The number of aromatic nitrogens is 1. The molecule has 2 heterocycles. The molecule has 0 unspecified atom stereocenters. The predicted octanol–water partition coefficient (Wildman–Crippen LogP) is 2.82. The van der Waals surface area contributed by atoms with E-state index in [4.69, 9.17) is 17.3 Å². The smallest absolute Gasteiger partial charge is 0.339 e. The van der Waals surface area contributed by atoms with Gasteiger partial charge in [0.05, 0.1) is 10.6 Å². The number of phenols is 1. The summed E-state index contributed by atoms with van der Waals surface area (Å²) in [7, 11) is 0. The van der Waals surface area contributed by atoms with Crippen molar-refractivity contribution in [2.45, 2.75) is 0 Å². The monoisotopic (exact) mass is 346 g/mol. The van der Waals surface area contributed by atoms with Crippen molar-refractivity contribution in [1.29, 1.82) is 0 Å². The van der Waals surface area contributed by atoms with Crippen LogP contribution in [0.2, 0.25) is 0 Å². The SMILES string of the molecule is O=C(O)c1cc(N2C(=O)C(=Cc3ccc[nH]3)SC2=S)ccc1O. The third kappa shape index (κ3) is 2.86. The lowest BCUT2D eigenvalue weighted by Gasteiger charge is -2.15. The van der Waals surface area contributed by atoms with E-state index < -0.39 is 5.97 Å². The summed E-state index contributed by atoms with van der Waals surface area (Å²) in [6, 6.07) is 7.53. The van der Waals surface area contributed by atoms with E-state index in [-0.39, 0.29) is 17.2 Å². The Morgan fingerprint density at radius 1 is 1.35 bits per heavy atom. The van der Waals surface area contributed by atoms with Crippen LogP contribution in [0.3, 0.4) is 0 Å². The zero-order chi connectivity index (χ0) is 16.6. The first-order valence-corrected chi connectivity index (χ1v) is 7.67. The number of carbonyl (C=O) groups is 2. The van der Waals surface area contributed by atoms with Crippen LogP contribution in [0.5, 0.6) is 5.75 Å². The highest BCUT2D eigenvalue weighted by Crippen LogP contribution is 2.37. The number of hydrogen-bond acceptors (Lipinski definition) is 5. The Morgan fingerprint density at radius 3 is 2.78 bits per heavy atom. The summed E-state index contributed by atoms with van der Waals surface area (Å²) in [6.45, 7) is 0. The van der Waals surface area contributed by atoms with E-state index in [0.29, 0.717) is 14.9 Å². The Morgan fingerprint density at radius 2 is 2.13 bits per heavy atom. The number of nitrogens with one attached hydrogen (secondary N) is 1. The molecule has 1 aromatic carbocycles. The number of anilines is 1. The van der Waals surface area contributed by atoms with Crippen molar-refractivity contribution >= 4 is 51.9 Å². The number of nitrogens with zero attached hydrogens (tertiary/aromatic N) is 1. The molecule has 0 saturated carbocycles. The summed E-state index contributed by atoms with van der Waals surface area (Å²) in [5.74, 6) is -1.98. The van der Waals surface area contributed by atoms with E-state index in [2.05, 4.69) is 4.98 Å². The maximum atomic E-state index is 12.5. The molecule has 1 aliphatic rings. The number of amides is 1. The number of carboxylic acids is 1. The second kappa shape index (κ2) is 5.90. The molecule has 0 spiro atoms. The number of thiocarbonyl (C=S) groups is 1. The van der Waals surface area contributed by atoms with Crippen molar-refractivity contribution in [2.75, 3.05) is 4.90 Å². The fraction of sp³-hybridized carbons (Fsp3) is 0. The molecule has 1 aromatic heterocycles. The van der Waals surface area contributed by atoms with Crippen molar-refractivity contribution in [3.8, 4) is 5.75 Å². The molecule has 3 rings (SSSR count). The van der Waals surface area contributed by atoms with Crippen LogP contribution < -0.4 is 4.90 Å². The number of carbonyl (C=O) groups excluding carboxylic acids is 1. The van der Waals surface area contributed by atoms with Crippen molar-refractivity contribution in [1.82, 2.24) is 4.98 Å². The van der Waals surface area contributed by atoms with E-state index in [1.54, 1.807) is 12.3 Å². The Labute approximate surface area is 140 Å². The fourth-order valence-corrected chi connectivity index (χ4v) is 3.39. The van der Waals surface area contributed by atoms with Crippen LogP contribution in [0.4, 0.5) is 5.69 Å². The largest absolute Gasteiger partial charge is 0.507 e. The van der Waals surface area contributed by atoms with Gasteiger partial charge in [-0.3, -0.25) is 9.69 Å². The number of rotatable bonds is 3. The average molecular weight is 346 g/mol. The van der Waals surface area contributed by atoms with Crippen LogP contribution >= 0.6 is 24.0 Å². The molecule has 0 aliphatic carbocycles. The Bertz CT molecular complexity index is 843. The van der Waals surface area contributed by atoms with Crippen molar-refractivity contribution in [3.05, 3.63) is 52.7 Å². The molecule has 116 valence electrons. The van der Waals surface area contributed by atoms with Crippen LogP contribution in [0.15, 0.2) is 41.4 Å². The first-order chi connectivity index (χ1) is 11.0. The van der Waals surface area contributed by atoms with Crippen molar-refractivity contribution < 1.29 is 19.8 Å². The normalized spacial score (nSPS) is 16.3. The van der Waals surface area contributed by atoms with Gasteiger partial charge >= 0.3 is 5.97 Å². The highest BCUT2D eigenvalue weighted by atomic mass is 32.2. The van der Waals surface area contributed by atoms with E-state index in [0.717, 1.165) is 17.5 Å². The van der Waals surface area contributed by atoms with Crippen LogP contribution in [-0.2, 0) is 4.79 Å². The third-order valence-corrected chi connectivity index (χ3v) is 4.47. The molecule has 3 N–H and O–H groups in total. The standard InChI is InChI=1S/C15H10N2O4S2/c18-11-4-3-9(7-10(11)14(20)21)17-13(19)12(23-15(17)22)6-8-2-1-5-16-8/h1-7,16,18H,(H,20,21). The van der Waals surface area contributed by atoms with Gasteiger partial charge in [-0.25, -0.2) is 4.79 Å². The summed E-state index contributed by atoms with van der Waals surface area (Å²) in [5, 5.41) is 18.6. The zero-order valence-corrected chi connectivity index (χ0v) is 13.1. The number of aromatic amines is 1. The van der Waals surface area contributed by atoms with Gasteiger partial charge in [0.1, 0.15) is 11.3 Å². The Kier molecular flexibility index (Phi) is 3.93. The maximum Gasteiger partial charge on any atom is 0.339 e. The van der Waals surface area contributed by atoms with Crippen LogP contribution in [0.1, 0.15) is 16.1 Å². The average Bonchev–Trinajstić information content (AvgIpc) is 3.09. The fourth-order valence-electron chi connectivity index (χ4n) is 2.10. The minimum absolute atomic E-state index is 0.287. The first kappa shape index (κ1) is 15.3. The summed E-state index contributed by atoms with van der Waals surface area (Å²) < 4.78 is 0.301. The van der Waals surface area contributed by atoms with Gasteiger partial charge in [-0.2, -0.15) is 0 Å². The molecule has 8 heteroatoms. The van der Waals surface area contributed by atoms with E-state index >= 15 is 0 Å². The van der Waals surface area contributed by atoms with Crippen molar-refractivity contribution in [3.63, 3.8) is 0 Å². The lowest BCUT2D eigenvalue weighted by atomic mass is 10.1. The van der Waals surface area contributed by atoms with Gasteiger partial charge in [0.15, 0.2) is 4.32 Å². The predicted molar refractivity (Wildman–Crippen MR) is 91.5 cm³/mol. The van der Waals surface area contributed by atoms with Gasteiger partial charge in [-0.1, -0.05) is 24.0 Å². The van der Waals surface area contributed by atoms with Gasteiger partial charge in [-0.05, 0) is 36.4 Å². The molecule has 0 radical (unpaired) electrons. The number of aromatic hydroxyl groups is 1. The number of H-pyrrole nitrogens is 1. The third-order valence-electron chi connectivity index (χ3n) is 3.17. The molecule has 6 nitrogen and oxygen atoms in total. The first-order valence-electron chi connectivity index (χ1n) is 6.45. The van der Waals surface area contributed by atoms with E-state index in [9.17, 15) is 14.7 Å². The topological polar surface area (TPSA) is 93.6 Å². The molecular weight excluding hydrogens is 336 g/mol. The molecule has 23 heavy (non-hydrogen) atoms. The summed E-state index contributed by atoms with van der Waals surface area (Å²) in [6.07, 6.45) is 3.42. The Hall–Kier alpha value is -2.58. The highest BCUT2D eigenvalue weighted by Gasteiger charge is 2.34. The Balaban J connectivity index is 1.98. The lowest BCUT2D eigenvalue weighted by molar-refractivity contribution is -0.113.